The molecule has 11 heteroatoms. The Labute approximate surface area is 124 Å². The van der Waals surface area contributed by atoms with Crippen LogP contribution in [-0.4, -0.2) is 99.2 Å². The third-order valence-corrected chi connectivity index (χ3v) is 2.53. The summed E-state index contributed by atoms with van der Waals surface area (Å²) in [5.74, 6) is -5.53. The quantitative estimate of drug-likeness (QED) is 0.221. The third-order valence-electron chi connectivity index (χ3n) is 2.53. The maximum Gasteiger partial charge on any atom is 0.328 e. The van der Waals surface area contributed by atoms with E-state index < -0.39 is 49.6 Å². The van der Waals surface area contributed by atoms with E-state index in [0.29, 0.717) is 0 Å². The van der Waals surface area contributed by atoms with Crippen molar-refractivity contribution < 1.29 is 44.4 Å². The van der Waals surface area contributed by atoms with Crippen LogP contribution < -0.4 is 0 Å². The highest BCUT2D eigenvalue weighted by molar-refractivity contribution is 5.91. The first-order valence-corrected chi connectivity index (χ1v) is 5.97. The molecule has 0 fully saturated rings. The Morgan fingerprint density at radius 1 is 0.818 bits per heavy atom. The van der Waals surface area contributed by atoms with Gasteiger partial charge < -0.3 is 25.2 Å². The van der Waals surface area contributed by atoms with E-state index in [1.807, 2.05) is 0 Å². The first-order valence-electron chi connectivity index (χ1n) is 5.97. The molecule has 0 aromatic carbocycles. The van der Waals surface area contributed by atoms with Crippen LogP contribution >= 0.6 is 0 Å². The zero-order valence-corrected chi connectivity index (χ0v) is 11.4. The molecule has 0 bridgehead atoms. The Kier molecular flexibility index (Phi) is 8.33. The van der Waals surface area contributed by atoms with Crippen LogP contribution in [0.25, 0.3) is 0 Å². The normalized spacial score (nSPS) is 12.1. The van der Waals surface area contributed by atoms with Crippen molar-refractivity contribution in [2.24, 2.45) is 0 Å². The van der Waals surface area contributed by atoms with E-state index in [4.69, 9.17) is 20.4 Å². The van der Waals surface area contributed by atoms with E-state index in [2.05, 4.69) is 0 Å². The molecular weight excluding hydrogens is 304 g/mol. The minimum Gasteiger partial charge on any atom is -0.480 e. The minimum atomic E-state index is -1.72. The molecule has 0 radical (unpaired) electrons. The average Bonchev–Trinajstić information content (AvgIpc) is 2.33. The molecule has 124 valence electrons. The van der Waals surface area contributed by atoms with Gasteiger partial charge in [0.15, 0.2) is 6.04 Å². The van der Waals surface area contributed by atoms with Gasteiger partial charge >= 0.3 is 23.9 Å². The van der Waals surface area contributed by atoms with Crippen LogP contribution in [0.3, 0.4) is 0 Å². The maximum atomic E-state index is 10.9. The lowest BCUT2D eigenvalue weighted by Crippen LogP contribution is -2.49. The summed E-state index contributed by atoms with van der Waals surface area (Å²) >= 11 is 0. The molecule has 0 rings (SSSR count). The van der Waals surface area contributed by atoms with Gasteiger partial charge in [0.25, 0.3) is 0 Å². The standard InChI is InChI=1S/C11H16N2O9/c14-6-7(11(21)22)13(5-10(19)20)2-1-12(3-8(15)16)4-9(17)18/h6-7H,1-5H2,(H,15,16)(H,17,18)(H,19,20)(H,21,22). The average molecular weight is 320 g/mol. The molecule has 0 saturated carbocycles. The fraction of sp³-hybridized carbons (Fsp3) is 0.545. The van der Waals surface area contributed by atoms with Crippen molar-refractivity contribution >= 4 is 30.2 Å². The summed E-state index contributed by atoms with van der Waals surface area (Å²) in [4.78, 5) is 55.4. The first kappa shape index (κ1) is 19.5. The summed E-state index contributed by atoms with van der Waals surface area (Å²) < 4.78 is 0. The van der Waals surface area contributed by atoms with Crippen molar-refractivity contribution in [1.82, 2.24) is 9.80 Å². The van der Waals surface area contributed by atoms with Gasteiger partial charge in [-0.3, -0.25) is 29.0 Å². The molecular formula is C11H16N2O9. The molecule has 0 saturated heterocycles. The number of rotatable bonds is 12. The summed E-state index contributed by atoms with van der Waals surface area (Å²) in [6.45, 7) is -2.53. The lowest BCUT2D eigenvalue weighted by molar-refractivity contribution is -0.149. The van der Waals surface area contributed by atoms with Gasteiger partial charge in [-0.05, 0) is 0 Å². The third kappa shape index (κ3) is 7.91. The van der Waals surface area contributed by atoms with Crippen LogP contribution in [0, 0.1) is 0 Å². The van der Waals surface area contributed by atoms with Crippen LogP contribution in [0.2, 0.25) is 0 Å². The molecule has 1 unspecified atom stereocenters. The van der Waals surface area contributed by atoms with Gasteiger partial charge in [0.1, 0.15) is 6.29 Å². The van der Waals surface area contributed by atoms with E-state index in [-0.39, 0.29) is 19.4 Å². The van der Waals surface area contributed by atoms with Gasteiger partial charge in [0.2, 0.25) is 0 Å². The number of aliphatic carboxylic acids is 4. The summed E-state index contributed by atoms with van der Waals surface area (Å²) in [6.07, 6.45) is 0.0456. The van der Waals surface area contributed by atoms with Crippen molar-refractivity contribution in [2.45, 2.75) is 6.04 Å². The summed E-state index contributed by atoms with van der Waals surface area (Å²) in [6, 6.07) is -1.72. The number of carbonyl (C=O) groups is 5. The van der Waals surface area contributed by atoms with Gasteiger partial charge in [-0.1, -0.05) is 0 Å². The minimum absolute atomic E-state index is 0.0456. The molecule has 1 atom stereocenters. The first-order chi connectivity index (χ1) is 10.2. The Bertz CT molecular complexity index is 435. The van der Waals surface area contributed by atoms with Gasteiger partial charge in [0, 0.05) is 13.1 Å². The second-order valence-corrected chi connectivity index (χ2v) is 4.28. The maximum absolute atomic E-state index is 10.9. The Hall–Kier alpha value is -2.53. The number of nitrogens with zero attached hydrogens (tertiary/aromatic N) is 2. The molecule has 0 heterocycles. The number of hydrogen-bond acceptors (Lipinski definition) is 7. The van der Waals surface area contributed by atoms with E-state index in [1.165, 1.54) is 0 Å². The van der Waals surface area contributed by atoms with E-state index in [0.717, 1.165) is 9.80 Å². The van der Waals surface area contributed by atoms with Gasteiger partial charge in [0.05, 0.1) is 19.6 Å². The van der Waals surface area contributed by atoms with E-state index in [1.54, 1.807) is 0 Å². The number of carbonyl (C=O) groups excluding carboxylic acids is 1. The zero-order chi connectivity index (χ0) is 17.3. The second-order valence-electron chi connectivity index (χ2n) is 4.28. The molecule has 22 heavy (non-hydrogen) atoms. The van der Waals surface area contributed by atoms with Crippen molar-refractivity contribution in [1.29, 1.82) is 0 Å². The highest BCUT2D eigenvalue weighted by Gasteiger charge is 2.27. The van der Waals surface area contributed by atoms with Crippen LogP contribution in [0.1, 0.15) is 0 Å². The Morgan fingerprint density at radius 3 is 1.59 bits per heavy atom. The topological polar surface area (TPSA) is 173 Å². The molecule has 11 nitrogen and oxygen atoms in total. The predicted molar refractivity (Wildman–Crippen MR) is 68.4 cm³/mol. The fourth-order valence-electron chi connectivity index (χ4n) is 1.66. The van der Waals surface area contributed by atoms with Gasteiger partial charge in [-0.25, -0.2) is 0 Å². The molecule has 0 spiro atoms. The van der Waals surface area contributed by atoms with Crippen molar-refractivity contribution in [2.75, 3.05) is 32.7 Å². The van der Waals surface area contributed by atoms with Crippen LogP contribution in [-0.2, 0) is 24.0 Å². The number of aldehydes is 1. The van der Waals surface area contributed by atoms with Gasteiger partial charge in [-0.2, -0.15) is 0 Å². The monoisotopic (exact) mass is 320 g/mol. The number of carboxylic acids is 4. The molecule has 4 N–H and O–H groups in total. The lowest BCUT2D eigenvalue weighted by Gasteiger charge is -2.26. The van der Waals surface area contributed by atoms with Gasteiger partial charge in [-0.15, -0.1) is 0 Å². The molecule has 0 aromatic rings. The SMILES string of the molecule is O=CC(C(=O)O)N(CCN(CC(=O)O)CC(=O)O)CC(=O)O. The molecule has 0 aliphatic heterocycles. The second kappa shape index (κ2) is 9.41. The fourth-order valence-corrected chi connectivity index (χ4v) is 1.66. The van der Waals surface area contributed by atoms with Crippen molar-refractivity contribution in [3.63, 3.8) is 0 Å². The van der Waals surface area contributed by atoms with Crippen molar-refractivity contribution in [3.05, 3.63) is 0 Å². The zero-order valence-electron chi connectivity index (χ0n) is 11.4. The predicted octanol–water partition coefficient (Wildman–Crippen LogP) is -2.50. The molecule has 0 aliphatic rings. The Balaban J connectivity index is 4.91. The summed E-state index contributed by atoms with van der Waals surface area (Å²) in [5, 5.41) is 34.9. The largest absolute Gasteiger partial charge is 0.480 e. The van der Waals surface area contributed by atoms with Crippen LogP contribution in [0.15, 0.2) is 0 Å². The molecule has 0 aliphatic carbocycles. The van der Waals surface area contributed by atoms with Crippen LogP contribution in [0.4, 0.5) is 0 Å². The number of hydrogen-bond donors (Lipinski definition) is 4. The highest BCUT2D eigenvalue weighted by Crippen LogP contribution is 2.00. The van der Waals surface area contributed by atoms with E-state index >= 15 is 0 Å². The Morgan fingerprint density at radius 2 is 1.27 bits per heavy atom. The highest BCUT2D eigenvalue weighted by atomic mass is 16.4. The molecule has 0 amide bonds. The van der Waals surface area contributed by atoms with E-state index in [9.17, 15) is 24.0 Å². The van der Waals surface area contributed by atoms with Crippen molar-refractivity contribution in [3.8, 4) is 0 Å². The summed E-state index contributed by atoms with van der Waals surface area (Å²) in [5.41, 5.74) is 0. The lowest BCUT2D eigenvalue weighted by atomic mass is 10.2. The smallest absolute Gasteiger partial charge is 0.328 e. The summed E-state index contributed by atoms with van der Waals surface area (Å²) in [7, 11) is 0. The molecule has 0 aromatic heterocycles. The van der Waals surface area contributed by atoms with Crippen LogP contribution in [0.5, 0.6) is 0 Å². The number of carboxylic acid groups (broad SMARTS) is 4.